The van der Waals surface area contributed by atoms with Crippen LogP contribution in [-0.2, 0) is 12.8 Å². The van der Waals surface area contributed by atoms with Crippen molar-refractivity contribution >= 4 is 5.91 Å². The van der Waals surface area contributed by atoms with Gasteiger partial charge in [0.2, 0.25) is 0 Å². The van der Waals surface area contributed by atoms with Gasteiger partial charge in [-0.1, -0.05) is 32.0 Å². The normalized spacial score (nSPS) is 14.6. The van der Waals surface area contributed by atoms with Gasteiger partial charge in [-0.15, -0.1) is 0 Å². The lowest BCUT2D eigenvalue weighted by Gasteiger charge is -2.18. The third-order valence-corrected chi connectivity index (χ3v) is 4.86. The van der Waals surface area contributed by atoms with Crippen LogP contribution in [0.2, 0.25) is 0 Å². The number of nitrogens with zero attached hydrogens (tertiary/aromatic N) is 2. The summed E-state index contributed by atoms with van der Waals surface area (Å²) in [7, 11) is 0. The average Bonchev–Trinajstić information content (AvgIpc) is 3.16. The Kier molecular flexibility index (Phi) is 5.23. The second-order valence-electron chi connectivity index (χ2n) is 7.36. The SMILES string of the molecule is Cc1ccccc1-n1nc(C(=O)NC(CN)CC(C)C)c2c1CCC2. The molecule has 0 aliphatic heterocycles. The number of nitrogens with one attached hydrogen (secondary N) is 1. The molecule has 0 saturated heterocycles. The highest BCUT2D eigenvalue weighted by Crippen LogP contribution is 2.28. The van der Waals surface area contributed by atoms with Crippen LogP contribution in [-0.4, -0.2) is 28.3 Å². The Hall–Kier alpha value is -2.14. The number of benzene rings is 1. The van der Waals surface area contributed by atoms with Crippen molar-refractivity contribution in [2.24, 2.45) is 11.7 Å². The van der Waals surface area contributed by atoms with Crippen LogP contribution in [0.1, 0.15) is 54.0 Å². The first-order valence-corrected chi connectivity index (χ1v) is 9.19. The molecule has 5 nitrogen and oxygen atoms in total. The fourth-order valence-electron chi connectivity index (χ4n) is 3.66. The number of carbonyl (C=O) groups excluding carboxylic acids is 1. The van der Waals surface area contributed by atoms with Crippen molar-refractivity contribution in [2.45, 2.75) is 52.5 Å². The van der Waals surface area contributed by atoms with Gasteiger partial charge < -0.3 is 11.1 Å². The number of rotatable bonds is 6. The van der Waals surface area contributed by atoms with Crippen LogP contribution in [0.5, 0.6) is 0 Å². The summed E-state index contributed by atoms with van der Waals surface area (Å²) < 4.78 is 1.96. The summed E-state index contributed by atoms with van der Waals surface area (Å²) in [6, 6.07) is 8.16. The average molecular weight is 340 g/mol. The van der Waals surface area contributed by atoms with Gasteiger partial charge in [0.15, 0.2) is 5.69 Å². The number of carbonyl (C=O) groups is 1. The minimum Gasteiger partial charge on any atom is -0.347 e. The van der Waals surface area contributed by atoms with Gasteiger partial charge in [-0.2, -0.15) is 5.10 Å². The molecule has 1 unspecified atom stereocenters. The quantitative estimate of drug-likeness (QED) is 0.849. The summed E-state index contributed by atoms with van der Waals surface area (Å²) in [6.07, 6.45) is 3.84. The highest BCUT2D eigenvalue weighted by atomic mass is 16.2. The zero-order valence-corrected chi connectivity index (χ0v) is 15.4. The smallest absolute Gasteiger partial charge is 0.272 e. The summed E-state index contributed by atoms with van der Waals surface area (Å²) in [4.78, 5) is 12.8. The highest BCUT2D eigenvalue weighted by molar-refractivity contribution is 5.94. The molecule has 0 saturated carbocycles. The molecule has 25 heavy (non-hydrogen) atoms. The van der Waals surface area contributed by atoms with E-state index in [1.807, 2.05) is 16.8 Å². The van der Waals surface area contributed by atoms with Crippen molar-refractivity contribution in [1.82, 2.24) is 15.1 Å². The summed E-state index contributed by atoms with van der Waals surface area (Å²) in [6.45, 7) is 6.80. The fraction of sp³-hybridized carbons (Fsp3) is 0.500. The zero-order valence-electron chi connectivity index (χ0n) is 15.4. The van der Waals surface area contributed by atoms with Crippen molar-refractivity contribution < 1.29 is 4.79 Å². The molecule has 0 radical (unpaired) electrons. The minimum atomic E-state index is -0.0958. The van der Waals surface area contributed by atoms with Gasteiger partial charge in [0.1, 0.15) is 0 Å². The number of hydrogen-bond acceptors (Lipinski definition) is 3. The van der Waals surface area contributed by atoms with E-state index < -0.39 is 0 Å². The summed E-state index contributed by atoms with van der Waals surface area (Å²) in [5.41, 5.74) is 10.9. The van der Waals surface area contributed by atoms with E-state index in [9.17, 15) is 4.79 Å². The molecular weight excluding hydrogens is 312 g/mol. The maximum atomic E-state index is 12.8. The summed E-state index contributed by atoms with van der Waals surface area (Å²) >= 11 is 0. The molecule has 2 aromatic rings. The van der Waals surface area contributed by atoms with Crippen molar-refractivity contribution in [3.8, 4) is 5.69 Å². The first-order chi connectivity index (χ1) is 12.0. The number of hydrogen-bond donors (Lipinski definition) is 2. The molecule has 5 heteroatoms. The van der Waals surface area contributed by atoms with Crippen molar-refractivity contribution in [3.63, 3.8) is 0 Å². The number of fused-ring (bicyclic) bond motifs is 1. The number of nitrogens with two attached hydrogens (primary N) is 1. The minimum absolute atomic E-state index is 0.00633. The summed E-state index contributed by atoms with van der Waals surface area (Å²) in [5.74, 6) is 0.394. The highest BCUT2D eigenvalue weighted by Gasteiger charge is 2.28. The Bertz CT molecular complexity index is 763. The molecule has 134 valence electrons. The Balaban J connectivity index is 1.92. The van der Waals surface area contributed by atoms with Crippen LogP contribution < -0.4 is 11.1 Å². The maximum absolute atomic E-state index is 12.8. The van der Waals surface area contributed by atoms with E-state index in [1.165, 1.54) is 5.69 Å². The molecule has 1 aromatic carbocycles. The number of aromatic nitrogens is 2. The predicted octanol–water partition coefficient (Wildman–Crippen LogP) is 2.77. The lowest BCUT2D eigenvalue weighted by atomic mass is 10.0. The molecule has 3 N–H and O–H groups in total. The van der Waals surface area contributed by atoms with Crippen molar-refractivity contribution in [3.05, 3.63) is 46.8 Å². The third kappa shape index (κ3) is 3.61. The van der Waals surface area contributed by atoms with Crippen LogP contribution in [0.15, 0.2) is 24.3 Å². The van der Waals surface area contributed by atoms with Gasteiger partial charge in [-0.05, 0) is 50.2 Å². The van der Waals surface area contributed by atoms with Crippen LogP contribution in [0, 0.1) is 12.8 Å². The second-order valence-corrected chi connectivity index (χ2v) is 7.36. The van der Waals surface area contributed by atoms with Crippen LogP contribution in [0.25, 0.3) is 5.69 Å². The van der Waals surface area contributed by atoms with Crippen molar-refractivity contribution in [2.75, 3.05) is 6.54 Å². The molecule has 0 fully saturated rings. The van der Waals surface area contributed by atoms with E-state index in [4.69, 9.17) is 10.8 Å². The van der Waals surface area contributed by atoms with Gasteiger partial charge in [0, 0.05) is 23.8 Å². The van der Waals surface area contributed by atoms with E-state index >= 15 is 0 Å². The lowest BCUT2D eigenvalue weighted by molar-refractivity contribution is 0.0927. The Morgan fingerprint density at radius 1 is 1.32 bits per heavy atom. The van der Waals surface area contributed by atoms with E-state index in [0.29, 0.717) is 18.2 Å². The summed E-state index contributed by atoms with van der Waals surface area (Å²) in [5, 5.41) is 7.78. The second kappa shape index (κ2) is 7.40. The number of para-hydroxylation sites is 1. The molecular formula is C20H28N4O. The van der Waals surface area contributed by atoms with Gasteiger partial charge in [0.25, 0.3) is 5.91 Å². The van der Waals surface area contributed by atoms with E-state index in [1.54, 1.807) is 0 Å². The standard InChI is InChI=1S/C20H28N4O/c1-13(2)11-15(12-21)22-20(25)19-16-8-6-10-18(16)24(23-19)17-9-5-4-7-14(17)3/h4-5,7,9,13,15H,6,8,10-12,21H2,1-3H3,(H,22,25). The Morgan fingerprint density at radius 3 is 2.76 bits per heavy atom. The molecule has 1 aliphatic carbocycles. The monoisotopic (exact) mass is 340 g/mol. The third-order valence-electron chi connectivity index (χ3n) is 4.86. The lowest BCUT2D eigenvalue weighted by Crippen LogP contribution is -2.41. The number of amides is 1. The molecule has 0 spiro atoms. The molecule has 1 aromatic heterocycles. The topological polar surface area (TPSA) is 72.9 Å². The fourth-order valence-corrected chi connectivity index (χ4v) is 3.66. The Morgan fingerprint density at radius 2 is 2.08 bits per heavy atom. The molecule has 0 bridgehead atoms. The van der Waals surface area contributed by atoms with Gasteiger partial charge >= 0.3 is 0 Å². The molecule has 3 rings (SSSR count). The van der Waals surface area contributed by atoms with E-state index in [2.05, 4.69) is 38.2 Å². The first-order valence-electron chi connectivity index (χ1n) is 9.19. The van der Waals surface area contributed by atoms with E-state index in [-0.39, 0.29) is 11.9 Å². The zero-order chi connectivity index (χ0) is 18.0. The Labute approximate surface area is 149 Å². The van der Waals surface area contributed by atoms with Crippen molar-refractivity contribution in [1.29, 1.82) is 0 Å². The van der Waals surface area contributed by atoms with Gasteiger partial charge in [0.05, 0.1) is 5.69 Å². The number of aryl methyl sites for hydroxylation is 1. The van der Waals surface area contributed by atoms with Crippen LogP contribution >= 0.6 is 0 Å². The molecule has 1 amide bonds. The predicted molar refractivity (Wildman–Crippen MR) is 100 cm³/mol. The first kappa shape index (κ1) is 17.7. The van der Waals surface area contributed by atoms with E-state index in [0.717, 1.165) is 42.5 Å². The maximum Gasteiger partial charge on any atom is 0.272 e. The van der Waals surface area contributed by atoms with Gasteiger partial charge in [-0.25, -0.2) is 4.68 Å². The van der Waals surface area contributed by atoms with Gasteiger partial charge in [-0.3, -0.25) is 4.79 Å². The molecule has 1 aliphatic rings. The largest absolute Gasteiger partial charge is 0.347 e. The van der Waals surface area contributed by atoms with Crippen LogP contribution in [0.4, 0.5) is 0 Å². The molecule has 1 heterocycles. The van der Waals surface area contributed by atoms with Crippen LogP contribution in [0.3, 0.4) is 0 Å². The molecule has 1 atom stereocenters.